The first kappa shape index (κ1) is 13.0. The fourth-order valence-corrected chi connectivity index (χ4v) is 2.47. The van der Waals surface area contributed by atoms with Gasteiger partial charge >= 0.3 is 5.97 Å². The molecule has 1 aromatic carbocycles. The van der Waals surface area contributed by atoms with Crippen LogP contribution in [-0.2, 0) is 4.74 Å². The number of ether oxygens (including phenoxy) is 1. The second-order valence-corrected chi connectivity index (χ2v) is 4.70. The van der Waals surface area contributed by atoms with E-state index in [0.29, 0.717) is 10.4 Å². The molecule has 3 nitrogen and oxygen atoms in total. The predicted molar refractivity (Wildman–Crippen MR) is 68.5 cm³/mol. The Labute approximate surface area is 112 Å². The van der Waals surface area contributed by atoms with Gasteiger partial charge in [-0.2, -0.15) is 0 Å². The van der Waals surface area contributed by atoms with Gasteiger partial charge in [-0.25, -0.2) is 14.2 Å². The van der Waals surface area contributed by atoms with Gasteiger partial charge in [-0.3, -0.25) is 0 Å². The highest BCUT2D eigenvalue weighted by molar-refractivity contribution is 7.13. The van der Waals surface area contributed by atoms with Crippen molar-refractivity contribution in [2.75, 3.05) is 6.61 Å². The average molecular weight is 286 g/mol. The van der Waals surface area contributed by atoms with Gasteiger partial charge in [-0.05, 0) is 30.7 Å². The summed E-state index contributed by atoms with van der Waals surface area (Å²) in [5, 5.41) is 0.271. The van der Waals surface area contributed by atoms with Crippen LogP contribution >= 0.6 is 22.9 Å². The van der Waals surface area contributed by atoms with Crippen molar-refractivity contribution in [1.29, 1.82) is 0 Å². The summed E-state index contributed by atoms with van der Waals surface area (Å²) in [6.45, 7) is 1.97. The molecule has 0 atom stereocenters. The highest BCUT2D eigenvalue weighted by atomic mass is 35.5. The number of hydrogen-bond acceptors (Lipinski definition) is 4. The van der Waals surface area contributed by atoms with Crippen LogP contribution in [0.3, 0.4) is 0 Å². The average Bonchev–Trinajstić information content (AvgIpc) is 2.76. The van der Waals surface area contributed by atoms with Crippen molar-refractivity contribution in [2.45, 2.75) is 6.92 Å². The van der Waals surface area contributed by atoms with Crippen LogP contribution in [0.4, 0.5) is 4.39 Å². The monoisotopic (exact) mass is 285 g/mol. The van der Waals surface area contributed by atoms with E-state index in [4.69, 9.17) is 16.3 Å². The second-order valence-electron chi connectivity index (χ2n) is 3.41. The Bertz CT molecular complexity index is 565. The molecule has 0 amide bonds. The molecule has 94 valence electrons. The number of aromatic nitrogens is 1. The van der Waals surface area contributed by atoms with Gasteiger partial charge in [0, 0.05) is 5.02 Å². The number of benzene rings is 1. The fourth-order valence-electron chi connectivity index (χ4n) is 1.48. The molecule has 0 radical (unpaired) electrons. The Hall–Kier alpha value is -1.46. The summed E-state index contributed by atoms with van der Waals surface area (Å²) in [5.74, 6) is -0.977. The minimum Gasteiger partial charge on any atom is -0.461 e. The molecule has 0 saturated heterocycles. The third-order valence-corrected chi connectivity index (χ3v) is 3.25. The van der Waals surface area contributed by atoms with E-state index in [1.54, 1.807) is 13.0 Å². The zero-order valence-corrected chi connectivity index (χ0v) is 11.0. The van der Waals surface area contributed by atoms with Crippen molar-refractivity contribution in [1.82, 2.24) is 4.98 Å². The molecule has 0 fully saturated rings. The van der Waals surface area contributed by atoms with Crippen molar-refractivity contribution in [3.63, 3.8) is 0 Å². The van der Waals surface area contributed by atoms with Crippen LogP contribution in [0.15, 0.2) is 23.7 Å². The van der Waals surface area contributed by atoms with Crippen LogP contribution in [0, 0.1) is 5.82 Å². The summed E-state index contributed by atoms with van der Waals surface area (Å²) < 4.78 is 18.2. The molecule has 1 aromatic heterocycles. The predicted octanol–water partition coefficient (Wildman–Crippen LogP) is 3.78. The number of thiazole rings is 1. The highest BCUT2D eigenvalue weighted by Gasteiger charge is 2.18. The van der Waals surface area contributed by atoms with E-state index in [2.05, 4.69) is 4.98 Å². The topological polar surface area (TPSA) is 39.2 Å². The maximum absolute atomic E-state index is 13.3. The molecule has 18 heavy (non-hydrogen) atoms. The first-order valence-corrected chi connectivity index (χ1v) is 6.44. The Kier molecular flexibility index (Phi) is 3.93. The molecule has 0 aliphatic rings. The standard InChI is InChI=1S/C12H9ClFNO2S/c1-2-17-12(16)10-11(18-6-15-10)7-3-8(13)5-9(14)4-7/h3-6H,2H2,1H3. The van der Waals surface area contributed by atoms with Crippen LogP contribution in [-0.4, -0.2) is 17.6 Å². The lowest BCUT2D eigenvalue weighted by atomic mass is 10.1. The van der Waals surface area contributed by atoms with E-state index in [-0.39, 0.29) is 17.3 Å². The number of rotatable bonds is 3. The van der Waals surface area contributed by atoms with E-state index in [1.165, 1.54) is 29.0 Å². The Morgan fingerprint density at radius 2 is 2.28 bits per heavy atom. The third-order valence-electron chi connectivity index (χ3n) is 2.16. The molecule has 0 N–H and O–H groups in total. The maximum Gasteiger partial charge on any atom is 0.358 e. The first-order chi connectivity index (χ1) is 8.61. The smallest absolute Gasteiger partial charge is 0.358 e. The van der Waals surface area contributed by atoms with Crippen LogP contribution in [0.2, 0.25) is 5.02 Å². The van der Waals surface area contributed by atoms with E-state index in [0.717, 1.165) is 0 Å². The molecule has 1 heterocycles. The minimum atomic E-state index is -0.519. The number of halogens is 2. The summed E-state index contributed by atoms with van der Waals surface area (Å²) in [6.07, 6.45) is 0. The molecule has 0 saturated carbocycles. The number of nitrogens with zero attached hydrogens (tertiary/aromatic N) is 1. The molecule has 0 aliphatic heterocycles. The van der Waals surface area contributed by atoms with Crippen LogP contribution < -0.4 is 0 Å². The lowest BCUT2D eigenvalue weighted by Crippen LogP contribution is -2.06. The van der Waals surface area contributed by atoms with Crippen molar-refractivity contribution in [3.05, 3.63) is 40.2 Å². The van der Waals surface area contributed by atoms with Gasteiger partial charge in [0.2, 0.25) is 0 Å². The van der Waals surface area contributed by atoms with Gasteiger partial charge in [0.15, 0.2) is 5.69 Å². The SMILES string of the molecule is CCOC(=O)c1ncsc1-c1cc(F)cc(Cl)c1. The van der Waals surface area contributed by atoms with Crippen molar-refractivity contribution >= 4 is 28.9 Å². The van der Waals surface area contributed by atoms with Crippen molar-refractivity contribution < 1.29 is 13.9 Å². The van der Waals surface area contributed by atoms with E-state index in [9.17, 15) is 9.18 Å². The normalized spacial score (nSPS) is 10.4. The third kappa shape index (κ3) is 2.68. The lowest BCUT2D eigenvalue weighted by Gasteiger charge is -2.03. The minimum absolute atomic E-state index is 0.184. The lowest BCUT2D eigenvalue weighted by molar-refractivity contribution is 0.0521. The van der Waals surface area contributed by atoms with Crippen molar-refractivity contribution in [2.24, 2.45) is 0 Å². The molecule has 2 rings (SSSR count). The van der Waals surface area contributed by atoms with Gasteiger partial charge in [0.05, 0.1) is 17.0 Å². The number of carbonyl (C=O) groups excluding carboxylic acids is 1. The number of esters is 1. The summed E-state index contributed by atoms with van der Waals surface area (Å²) in [6, 6.07) is 4.10. The largest absolute Gasteiger partial charge is 0.461 e. The summed E-state index contributed by atoms with van der Waals surface area (Å²) in [7, 11) is 0. The molecule has 0 spiro atoms. The van der Waals surface area contributed by atoms with E-state index >= 15 is 0 Å². The number of hydrogen-bond donors (Lipinski definition) is 0. The molecule has 0 aliphatic carbocycles. The molecule has 2 aromatic rings. The van der Waals surface area contributed by atoms with Crippen molar-refractivity contribution in [3.8, 4) is 10.4 Å². The quantitative estimate of drug-likeness (QED) is 0.806. The highest BCUT2D eigenvalue weighted by Crippen LogP contribution is 2.30. The molecule has 0 bridgehead atoms. The summed E-state index contributed by atoms with van der Waals surface area (Å²) in [4.78, 5) is 16.2. The van der Waals surface area contributed by atoms with Gasteiger partial charge < -0.3 is 4.74 Å². The number of carbonyl (C=O) groups is 1. The van der Waals surface area contributed by atoms with Gasteiger partial charge in [-0.1, -0.05) is 11.6 Å². The van der Waals surface area contributed by atoms with Crippen LogP contribution in [0.1, 0.15) is 17.4 Å². The molecular formula is C12H9ClFNO2S. The summed E-state index contributed by atoms with van der Waals surface area (Å²) in [5.41, 5.74) is 2.22. The fraction of sp³-hybridized carbons (Fsp3) is 0.167. The zero-order chi connectivity index (χ0) is 13.1. The first-order valence-electron chi connectivity index (χ1n) is 5.19. The van der Waals surface area contributed by atoms with Crippen LogP contribution in [0.5, 0.6) is 0 Å². The van der Waals surface area contributed by atoms with Gasteiger partial charge in [0.25, 0.3) is 0 Å². The maximum atomic E-state index is 13.3. The van der Waals surface area contributed by atoms with Gasteiger partial charge in [-0.15, -0.1) is 11.3 Å². The molecular weight excluding hydrogens is 277 g/mol. The van der Waals surface area contributed by atoms with E-state index < -0.39 is 11.8 Å². The zero-order valence-electron chi connectivity index (χ0n) is 9.44. The van der Waals surface area contributed by atoms with E-state index in [1.807, 2.05) is 0 Å². The Balaban J connectivity index is 2.45. The molecule has 0 unspecified atom stereocenters. The van der Waals surface area contributed by atoms with Gasteiger partial charge in [0.1, 0.15) is 5.82 Å². The molecule has 6 heteroatoms. The second kappa shape index (κ2) is 5.46. The summed E-state index contributed by atoms with van der Waals surface area (Å²) >= 11 is 7.03. The van der Waals surface area contributed by atoms with Crippen LogP contribution in [0.25, 0.3) is 10.4 Å². The Morgan fingerprint density at radius 3 is 2.94 bits per heavy atom. The Morgan fingerprint density at radius 1 is 1.50 bits per heavy atom.